The molecular formula is C20H16ClN5OS. The van der Waals surface area contributed by atoms with Crippen molar-refractivity contribution in [3.63, 3.8) is 0 Å². The lowest BCUT2D eigenvalue weighted by atomic mass is 10.1. The number of benzene rings is 2. The monoisotopic (exact) mass is 409 g/mol. The molecule has 6 nitrogen and oxygen atoms in total. The molecule has 1 atom stereocenters. The van der Waals surface area contributed by atoms with E-state index in [0.717, 1.165) is 44.3 Å². The van der Waals surface area contributed by atoms with Crippen molar-refractivity contribution in [2.45, 2.75) is 17.5 Å². The molecule has 0 bridgehead atoms. The van der Waals surface area contributed by atoms with Crippen molar-refractivity contribution in [1.82, 2.24) is 19.9 Å². The van der Waals surface area contributed by atoms with Gasteiger partial charge in [0.25, 0.3) is 0 Å². The highest BCUT2D eigenvalue weighted by molar-refractivity contribution is 7.99. The van der Waals surface area contributed by atoms with Crippen LogP contribution < -0.4 is 10.2 Å². The summed E-state index contributed by atoms with van der Waals surface area (Å²) in [6.45, 7) is 2.04. The zero-order valence-electron chi connectivity index (χ0n) is 15.2. The van der Waals surface area contributed by atoms with Crippen LogP contribution in [0, 0.1) is 6.92 Å². The second-order valence-electron chi connectivity index (χ2n) is 6.51. The van der Waals surface area contributed by atoms with E-state index < -0.39 is 0 Å². The van der Waals surface area contributed by atoms with Crippen molar-refractivity contribution < 1.29 is 4.74 Å². The number of hydrogen-bond donors (Lipinski definition) is 1. The number of rotatable bonds is 3. The lowest BCUT2D eigenvalue weighted by Gasteiger charge is -2.14. The standard InChI is InChI=1S/C20H16ClN5OS/c1-11-4-3-5-13-10-15(17(21)22-16(11)13)19-25-26-18(23-24-20(26)28-19)12-6-8-14(27-2)9-7-12/h3-10,19,25H,1-2H3. The Morgan fingerprint density at radius 2 is 1.96 bits per heavy atom. The maximum atomic E-state index is 6.53. The van der Waals surface area contributed by atoms with Crippen LogP contribution in [0.1, 0.15) is 16.5 Å². The van der Waals surface area contributed by atoms with Gasteiger partial charge in [-0.25, -0.2) is 9.66 Å². The van der Waals surface area contributed by atoms with E-state index in [2.05, 4.69) is 32.7 Å². The summed E-state index contributed by atoms with van der Waals surface area (Å²) in [5.41, 5.74) is 7.36. The van der Waals surface area contributed by atoms with Gasteiger partial charge in [-0.1, -0.05) is 41.6 Å². The average Bonchev–Trinajstić information content (AvgIpc) is 3.29. The van der Waals surface area contributed by atoms with Gasteiger partial charge in [-0.15, -0.1) is 10.2 Å². The van der Waals surface area contributed by atoms with E-state index in [-0.39, 0.29) is 5.37 Å². The molecule has 140 valence electrons. The number of methoxy groups -OCH3 is 1. The number of aryl methyl sites for hydroxylation is 1. The third-order valence-electron chi connectivity index (χ3n) is 4.76. The summed E-state index contributed by atoms with van der Waals surface area (Å²) in [6, 6.07) is 15.9. The number of aromatic nitrogens is 4. The molecule has 1 aliphatic rings. The topological polar surface area (TPSA) is 64.9 Å². The molecule has 0 saturated carbocycles. The molecule has 8 heteroatoms. The molecule has 0 radical (unpaired) electrons. The van der Waals surface area contributed by atoms with Gasteiger partial charge in [0.1, 0.15) is 16.3 Å². The minimum atomic E-state index is -0.0904. The quantitative estimate of drug-likeness (QED) is 0.490. The Hall–Kier alpha value is -2.77. The SMILES string of the molecule is COc1ccc(-c2nnc3n2NC(c2cc4cccc(C)c4nc2Cl)S3)cc1. The van der Waals surface area contributed by atoms with Crippen molar-refractivity contribution in [3.05, 3.63) is 64.8 Å². The Balaban J connectivity index is 1.50. The predicted molar refractivity (Wildman–Crippen MR) is 111 cm³/mol. The number of fused-ring (bicyclic) bond motifs is 2. The Bertz CT molecular complexity index is 1190. The summed E-state index contributed by atoms with van der Waals surface area (Å²) in [7, 11) is 1.65. The van der Waals surface area contributed by atoms with Crippen LogP contribution in [0.25, 0.3) is 22.3 Å². The van der Waals surface area contributed by atoms with Crippen molar-refractivity contribution in [2.75, 3.05) is 12.5 Å². The van der Waals surface area contributed by atoms with Crippen LogP contribution in [-0.2, 0) is 0 Å². The zero-order valence-corrected chi connectivity index (χ0v) is 16.8. The van der Waals surface area contributed by atoms with Crippen LogP contribution in [0.3, 0.4) is 0 Å². The number of ether oxygens (including phenoxy) is 1. The van der Waals surface area contributed by atoms with E-state index >= 15 is 0 Å². The van der Waals surface area contributed by atoms with Gasteiger partial charge in [-0.05, 0) is 42.8 Å². The van der Waals surface area contributed by atoms with Gasteiger partial charge in [0, 0.05) is 16.5 Å². The highest BCUT2D eigenvalue weighted by atomic mass is 35.5. The highest BCUT2D eigenvalue weighted by Crippen LogP contribution is 2.42. The molecule has 0 fully saturated rings. The summed E-state index contributed by atoms with van der Waals surface area (Å²) in [5.74, 6) is 1.54. The van der Waals surface area contributed by atoms with E-state index in [9.17, 15) is 0 Å². The van der Waals surface area contributed by atoms with Crippen LogP contribution in [0.2, 0.25) is 5.15 Å². The van der Waals surface area contributed by atoms with Crippen molar-refractivity contribution in [3.8, 4) is 17.1 Å². The number of hydrogen-bond acceptors (Lipinski definition) is 6. The fraction of sp³-hybridized carbons (Fsp3) is 0.150. The van der Waals surface area contributed by atoms with Crippen LogP contribution in [0.4, 0.5) is 0 Å². The van der Waals surface area contributed by atoms with Crippen molar-refractivity contribution >= 4 is 34.3 Å². The Morgan fingerprint density at radius 3 is 2.75 bits per heavy atom. The van der Waals surface area contributed by atoms with Gasteiger partial charge in [-0.2, -0.15) is 0 Å². The van der Waals surface area contributed by atoms with Gasteiger partial charge >= 0.3 is 0 Å². The molecule has 2 aromatic heterocycles. The maximum Gasteiger partial charge on any atom is 0.212 e. The van der Waals surface area contributed by atoms with Crippen LogP contribution in [0.15, 0.2) is 53.7 Å². The first kappa shape index (κ1) is 17.3. The van der Waals surface area contributed by atoms with Crippen molar-refractivity contribution in [2.24, 2.45) is 0 Å². The van der Waals surface area contributed by atoms with E-state index in [1.165, 1.54) is 0 Å². The second-order valence-corrected chi connectivity index (χ2v) is 7.94. The summed E-state index contributed by atoms with van der Waals surface area (Å²) in [6.07, 6.45) is 0. The minimum Gasteiger partial charge on any atom is -0.497 e. The lowest BCUT2D eigenvalue weighted by Crippen LogP contribution is -2.14. The molecule has 0 saturated heterocycles. The van der Waals surface area contributed by atoms with E-state index in [1.807, 2.05) is 48.0 Å². The first-order valence-corrected chi connectivity index (χ1v) is 9.98. The summed E-state index contributed by atoms with van der Waals surface area (Å²) < 4.78 is 7.12. The fourth-order valence-corrected chi connectivity index (χ4v) is 4.62. The average molecular weight is 410 g/mol. The number of nitrogens with zero attached hydrogens (tertiary/aromatic N) is 4. The maximum absolute atomic E-state index is 6.53. The zero-order chi connectivity index (χ0) is 19.3. The van der Waals surface area contributed by atoms with Gasteiger partial charge in [0.05, 0.1) is 12.6 Å². The molecule has 2 aromatic carbocycles. The number of halogens is 1. The molecule has 4 aromatic rings. The Morgan fingerprint density at radius 1 is 1.14 bits per heavy atom. The molecule has 3 heterocycles. The second kappa shape index (κ2) is 6.68. The van der Waals surface area contributed by atoms with Gasteiger partial charge in [-0.3, -0.25) is 0 Å². The molecule has 0 amide bonds. The van der Waals surface area contributed by atoms with E-state index in [4.69, 9.17) is 16.3 Å². The fourth-order valence-electron chi connectivity index (χ4n) is 3.30. The van der Waals surface area contributed by atoms with E-state index in [1.54, 1.807) is 18.9 Å². The Labute approximate surface area is 170 Å². The van der Waals surface area contributed by atoms with Crippen LogP contribution in [0.5, 0.6) is 5.75 Å². The van der Waals surface area contributed by atoms with Crippen LogP contribution in [-0.4, -0.2) is 27.0 Å². The first-order valence-electron chi connectivity index (χ1n) is 8.73. The van der Waals surface area contributed by atoms with Crippen molar-refractivity contribution in [1.29, 1.82) is 0 Å². The summed E-state index contributed by atoms with van der Waals surface area (Å²) in [4.78, 5) is 4.62. The molecule has 0 spiro atoms. The van der Waals surface area contributed by atoms with Gasteiger partial charge in [0.2, 0.25) is 5.16 Å². The third-order valence-corrected chi connectivity index (χ3v) is 6.13. The summed E-state index contributed by atoms with van der Waals surface area (Å²) >= 11 is 8.10. The summed E-state index contributed by atoms with van der Waals surface area (Å²) in [5, 5.41) is 10.9. The first-order chi connectivity index (χ1) is 13.6. The lowest BCUT2D eigenvalue weighted by molar-refractivity contribution is 0.415. The van der Waals surface area contributed by atoms with Crippen LogP contribution >= 0.6 is 23.4 Å². The number of nitrogens with one attached hydrogen (secondary N) is 1. The Kier molecular flexibility index (Phi) is 4.14. The number of thioether (sulfide) groups is 1. The molecule has 1 unspecified atom stereocenters. The molecule has 1 aliphatic heterocycles. The number of para-hydroxylation sites is 1. The normalized spacial score (nSPS) is 15.5. The molecule has 1 N–H and O–H groups in total. The highest BCUT2D eigenvalue weighted by Gasteiger charge is 2.30. The van der Waals surface area contributed by atoms with Gasteiger partial charge in [0.15, 0.2) is 5.82 Å². The molecule has 5 rings (SSSR count). The number of pyridine rings is 1. The molecular weight excluding hydrogens is 394 g/mol. The van der Waals surface area contributed by atoms with Gasteiger partial charge < -0.3 is 10.2 Å². The minimum absolute atomic E-state index is 0.0904. The largest absolute Gasteiger partial charge is 0.497 e. The predicted octanol–water partition coefficient (Wildman–Crippen LogP) is 4.81. The third kappa shape index (κ3) is 2.78. The molecule has 0 aliphatic carbocycles. The molecule has 28 heavy (non-hydrogen) atoms. The van der Waals surface area contributed by atoms with E-state index in [0.29, 0.717) is 5.15 Å². The smallest absolute Gasteiger partial charge is 0.212 e.